The maximum Gasteiger partial charge on any atom is 0.527 e. The van der Waals surface area contributed by atoms with Crippen molar-refractivity contribution in [1.82, 2.24) is 0 Å². The molecule has 0 amide bonds. The van der Waals surface area contributed by atoms with Crippen LogP contribution in [-0.2, 0) is 18.9 Å². The minimum Gasteiger partial charge on any atom is -0.366 e. The molecule has 0 aliphatic rings. The normalized spacial score (nSPS) is 14.1. The maximum atomic E-state index is 14.0. The Bertz CT molecular complexity index is 835. The van der Waals surface area contributed by atoms with E-state index in [1.165, 1.54) is 0 Å². The standard InChI is InChI=1S/C27H37F13O4/c1-4-11-21(12-5-2,13-6-3)14-9-7-8-10-15-22(28,29)17-41-19-25(34,35)43-24(32,33)16-23(30,31)18-42-20-26(36,37)44-27(38,39)40/h4-6H,1-3,7-20H2. The van der Waals surface area contributed by atoms with E-state index in [-0.39, 0.29) is 11.8 Å². The number of halogens is 13. The van der Waals surface area contributed by atoms with Crippen molar-refractivity contribution >= 4 is 0 Å². The van der Waals surface area contributed by atoms with Crippen LogP contribution >= 0.6 is 0 Å². The Morgan fingerprint density at radius 1 is 0.455 bits per heavy atom. The molecular formula is C27H37F13O4. The fourth-order valence-corrected chi connectivity index (χ4v) is 4.26. The molecule has 0 radical (unpaired) electrons. The van der Waals surface area contributed by atoms with Crippen LogP contribution in [0.15, 0.2) is 38.0 Å². The van der Waals surface area contributed by atoms with Gasteiger partial charge in [0.05, 0.1) is 0 Å². The van der Waals surface area contributed by atoms with Crippen LogP contribution in [0.2, 0.25) is 0 Å². The van der Waals surface area contributed by atoms with E-state index in [9.17, 15) is 57.1 Å². The third kappa shape index (κ3) is 20.2. The highest BCUT2D eigenvalue weighted by atomic mass is 19.4. The lowest BCUT2D eigenvalue weighted by Crippen LogP contribution is -2.43. The zero-order chi connectivity index (χ0) is 34.3. The number of rotatable bonds is 26. The number of ether oxygens (including phenoxy) is 4. The first-order valence-electron chi connectivity index (χ1n) is 13.3. The quantitative estimate of drug-likeness (QED) is 0.0521. The lowest BCUT2D eigenvalue weighted by molar-refractivity contribution is -0.432. The summed E-state index contributed by atoms with van der Waals surface area (Å²) in [6.07, 6.45) is -15.2. The molecule has 0 aromatic carbocycles. The van der Waals surface area contributed by atoms with Crippen LogP contribution in [0.3, 0.4) is 0 Å². The summed E-state index contributed by atoms with van der Waals surface area (Å²) >= 11 is 0. The second-order valence-corrected chi connectivity index (χ2v) is 10.3. The summed E-state index contributed by atoms with van der Waals surface area (Å²) in [5.74, 6) is -8.48. The van der Waals surface area contributed by atoms with Gasteiger partial charge in [0, 0.05) is 6.42 Å². The Hall–Kier alpha value is -1.85. The molecule has 0 saturated heterocycles. The van der Waals surface area contributed by atoms with Crippen LogP contribution in [0.5, 0.6) is 0 Å². The second kappa shape index (κ2) is 17.7. The molecule has 0 atom stereocenters. The summed E-state index contributed by atoms with van der Waals surface area (Å²) in [5.41, 5.74) is -0.121. The van der Waals surface area contributed by atoms with Gasteiger partial charge in [0.1, 0.15) is 32.8 Å². The van der Waals surface area contributed by atoms with Crippen LogP contribution in [-0.4, -0.2) is 63.0 Å². The van der Waals surface area contributed by atoms with Gasteiger partial charge in [-0.2, -0.15) is 26.3 Å². The van der Waals surface area contributed by atoms with Crippen LogP contribution in [0.1, 0.15) is 64.2 Å². The van der Waals surface area contributed by atoms with Gasteiger partial charge in [-0.3, -0.25) is 4.74 Å². The first kappa shape index (κ1) is 42.1. The van der Waals surface area contributed by atoms with Crippen LogP contribution in [0.4, 0.5) is 57.1 Å². The minimum absolute atomic E-state index is 0.00981. The molecule has 0 N–H and O–H groups in total. The fourth-order valence-electron chi connectivity index (χ4n) is 4.26. The van der Waals surface area contributed by atoms with E-state index < -0.39 is 75.8 Å². The Morgan fingerprint density at radius 3 is 1.30 bits per heavy atom. The van der Waals surface area contributed by atoms with Crippen molar-refractivity contribution in [2.45, 2.75) is 101 Å². The third-order valence-electron chi connectivity index (χ3n) is 5.93. The Balaban J connectivity index is 4.60. The van der Waals surface area contributed by atoms with Crippen molar-refractivity contribution in [1.29, 1.82) is 0 Å². The predicted octanol–water partition coefficient (Wildman–Crippen LogP) is 10.1. The first-order valence-corrected chi connectivity index (χ1v) is 13.3. The molecule has 0 aromatic heterocycles. The number of alkyl halides is 13. The van der Waals surface area contributed by atoms with Gasteiger partial charge in [0.25, 0.3) is 11.8 Å². The molecule has 0 heterocycles. The van der Waals surface area contributed by atoms with Gasteiger partial charge >= 0.3 is 24.7 Å². The van der Waals surface area contributed by atoms with Crippen molar-refractivity contribution in [2.75, 3.05) is 26.4 Å². The van der Waals surface area contributed by atoms with Crippen molar-refractivity contribution in [3.05, 3.63) is 38.0 Å². The third-order valence-corrected chi connectivity index (χ3v) is 5.93. The molecule has 4 nitrogen and oxygen atoms in total. The molecule has 0 unspecified atom stereocenters. The van der Waals surface area contributed by atoms with Crippen molar-refractivity contribution in [2.24, 2.45) is 5.41 Å². The summed E-state index contributed by atoms with van der Waals surface area (Å²) in [6, 6.07) is 0. The SMILES string of the molecule is C=CCC(CC=C)(CC=C)CCCCCCC(F)(F)COCC(F)(F)OC(F)(F)CC(F)(F)COCC(F)(F)OC(F)(F)F. The highest BCUT2D eigenvalue weighted by Crippen LogP contribution is 2.39. The monoisotopic (exact) mass is 672 g/mol. The number of hydrogen-bond donors (Lipinski definition) is 0. The topological polar surface area (TPSA) is 36.9 Å². The van der Waals surface area contributed by atoms with Crippen LogP contribution in [0, 0.1) is 5.41 Å². The van der Waals surface area contributed by atoms with E-state index in [0.29, 0.717) is 38.5 Å². The fraction of sp³-hybridized carbons (Fsp3) is 0.778. The largest absolute Gasteiger partial charge is 0.527 e. The highest BCUT2D eigenvalue weighted by Gasteiger charge is 2.52. The van der Waals surface area contributed by atoms with E-state index in [4.69, 9.17) is 0 Å². The van der Waals surface area contributed by atoms with Gasteiger partial charge < -0.3 is 9.47 Å². The summed E-state index contributed by atoms with van der Waals surface area (Å²) in [7, 11) is 0. The van der Waals surface area contributed by atoms with Crippen LogP contribution < -0.4 is 0 Å². The average molecular weight is 673 g/mol. The smallest absolute Gasteiger partial charge is 0.366 e. The predicted molar refractivity (Wildman–Crippen MR) is 134 cm³/mol. The number of unbranched alkanes of at least 4 members (excludes halogenated alkanes) is 3. The van der Waals surface area contributed by atoms with Gasteiger partial charge in [-0.1, -0.05) is 37.5 Å². The highest BCUT2D eigenvalue weighted by molar-refractivity contribution is 4.95. The Morgan fingerprint density at radius 2 is 0.864 bits per heavy atom. The van der Waals surface area contributed by atoms with E-state index in [1.54, 1.807) is 18.2 Å². The molecule has 0 spiro atoms. The molecule has 17 heteroatoms. The molecule has 0 saturated carbocycles. The lowest BCUT2D eigenvalue weighted by atomic mass is 9.74. The molecule has 0 aliphatic heterocycles. The van der Waals surface area contributed by atoms with Gasteiger partial charge in [0.15, 0.2) is 0 Å². The zero-order valence-corrected chi connectivity index (χ0v) is 23.8. The molecule has 0 fully saturated rings. The van der Waals surface area contributed by atoms with Gasteiger partial charge in [-0.05, 0) is 37.5 Å². The first-order chi connectivity index (χ1) is 19.9. The van der Waals surface area contributed by atoms with E-state index >= 15 is 0 Å². The van der Waals surface area contributed by atoms with Crippen molar-refractivity contribution < 1.29 is 76.0 Å². The average Bonchev–Trinajstić information content (AvgIpc) is 2.78. The van der Waals surface area contributed by atoms with Gasteiger partial charge in [-0.15, -0.1) is 32.9 Å². The molecule has 0 aromatic rings. The van der Waals surface area contributed by atoms with Gasteiger partial charge in [-0.25, -0.2) is 22.3 Å². The molecular weight excluding hydrogens is 635 g/mol. The van der Waals surface area contributed by atoms with Crippen molar-refractivity contribution in [3.63, 3.8) is 0 Å². The molecule has 0 bridgehead atoms. The summed E-state index contributed by atoms with van der Waals surface area (Å²) in [5, 5.41) is 0. The maximum absolute atomic E-state index is 14.0. The lowest BCUT2D eigenvalue weighted by Gasteiger charge is -2.31. The van der Waals surface area contributed by atoms with Crippen LogP contribution in [0.25, 0.3) is 0 Å². The summed E-state index contributed by atoms with van der Waals surface area (Å²) in [4.78, 5) is 0. The molecule has 0 rings (SSSR count). The summed E-state index contributed by atoms with van der Waals surface area (Å²) < 4.78 is 184. The Kier molecular flexibility index (Phi) is 17.0. The minimum atomic E-state index is -5.88. The Labute approximate surface area is 247 Å². The second-order valence-electron chi connectivity index (χ2n) is 10.3. The van der Waals surface area contributed by atoms with E-state index in [1.807, 2.05) is 0 Å². The van der Waals surface area contributed by atoms with E-state index in [2.05, 4.69) is 38.7 Å². The molecule has 44 heavy (non-hydrogen) atoms. The molecule has 0 aliphatic carbocycles. The van der Waals surface area contributed by atoms with E-state index in [0.717, 1.165) is 6.42 Å². The number of hydrogen-bond acceptors (Lipinski definition) is 4. The summed E-state index contributed by atoms with van der Waals surface area (Å²) in [6.45, 7) is 2.68. The zero-order valence-electron chi connectivity index (χ0n) is 23.8. The van der Waals surface area contributed by atoms with Gasteiger partial charge in [0.2, 0.25) is 0 Å². The number of allylic oxidation sites excluding steroid dienone is 3. The van der Waals surface area contributed by atoms with Crippen molar-refractivity contribution in [3.8, 4) is 0 Å². The molecule has 260 valence electrons.